The first-order valence-corrected chi connectivity index (χ1v) is 7.88. The second kappa shape index (κ2) is 4.27. The molecule has 1 saturated heterocycles. The number of hydrogen-bond acceptors (Lipinski definition) is 4. The van der Waals surface area contributed by atoms with Crippen molar-refractivity contribution in [2.75, 3.05) is 24.6 Å². The molecule has 0 aromatic heterocycles. The number of nitrogens with one attached hydrogen (secondary N) is 2. The molecule has 4 nitrogen and oxygen atoms in total. The monoisotopic (exact) mass is 246 g/mol. The van der Waals surface area contributed by atoms with Gasteiger partial charge in [0, 0.05) is 18.6 Å². The third-order valence-electron chi connectivity index (χ3n) is 3.70. The van der Waals surface area contributed by atoms with E-state index in [1.807, 2.05) is 0 Å². The van der Waals surface area contributed by atoms with Gasteiger partial charge in [-0.2, -0.15) is 0 Å². The van der Waals surface area contributed by atoms with Crippen molar-refractivity contribution >= 4 is 9.84 Å². The SMILES string of the molecule is CC1(C)CC1NCCC1CS(=O)(=O)CCN1. The van der Waals surface area contributed by atoms with Crippen molar-refractivity contribution in [3.8, 4) is 0 Å². The maximum absolute atomic E-state index is 11.4. The molecule has 16 heavy (non-hydrogen) atoms. The van der Waals surface area contributed by atoms with Gasteiger partial charge in [-0.05, 0) is 24.8 Å². The average molecular weight is 246 g/mol. The van der Waals surface area contributed by atoms with Gasteiger partial charge in [0.2, 0.25) is 0 Å². The van der Waals surface area contributed by atoms with E-state index in [0.717, 1.165) is 13.0 Å². The van der Waals surface area contributed by atoms with Gasteiger partial charge in [0.1, 0.15) is 0 Å². The minimum atomic E-state index is -2.78. The van der Waals surface area contributed by atoms with Crippen LogP contribution in [0.2, 0.25) is 0 Å². The van der Waals surface area contributed by atoms with Crippen molar-refractivity contribution in [2.45, 2.75) is 38.8 Å². The largest absolute Gasteiger partial charge is 0.313 e. The van der Waals surface area contributed by atoms with Crippen molar-refractivity contribution in [1.29, 1.82) is 0 Å². The Kier molecular flexibility index (Phi) is 3.29. The first-order chi connectivity index (χ1) is 7.39. The van der Waals surface area contributed by atoms with Gasteiger partial charge in [-0.1, -0.05) is 13.8 Å². The molecule has 2 fully saturated rings. The topological polar surface area (TPSA) is 58.2 Å². The third-order valence-corrected chi connectivity index (χ3v) is 5.43. The summed E-state index contributed by atoms with van der Waals surface area (Å²) in [6, 6.07) is 0.779. The van der Waals surface area contributed by atoms with Crippen molar-refractivity contribution in [2.24, 2.45) is 5.41 Å². The molecular weight excluding hydrogens is 224 g/mol. The zero-order valence-electron chi connectivity index (χ0n) is 10.1. The minimum absolute atomic E-state index is 0.146. The summed E-state index contributed by atoms with van der Waals surface area (Å²) in [5.41, 5.74) is 0.450. The van der Waals surface area contributed by atoms with Gasteiger partial charge in [-0.25, -0.2) is 8.42 Å². The van der Waals surface area contributed by atoms with E-state index in [2.05, 4.69) is 24.5 Å². The smallest absolute Gasteiger partial charge is 0.153 e. The molecule has 0 aromatic rings. The van der Waals surface area contributed by atoms with Gasteiger partial charge in [0.15, 0.2) is 9.84 Å². The molecule has 2 atom stereocenters. The van der Waals surface area contributed by atoms with Crippen LogP contribution in [-0.2, 0) is 9.84 Å². The lowest BCUT2D eigenvalue weighted by Gasteiger charge is -2.23. The van der Waals surface area contributed by atoms with E-state index in [1.54, 1.807) is 0 Å². The van der Waals surface area contributed by atoms with Crippen LogP contribution in [0.1, 0.15) is 26.7 Å². The van der Waals surface area contributed by atoms with Gasteiger partial charge in [0.25, 0.3) is 0 Å². The highest BCUT2D eigenvalue weighted by Crippen LogP contribution is 2.44. The molecular formula is C11H22N2O2S. The van der Waals surface area contributed by atoms with Gasteiger partial charge in [-0.15, -0.1) is 0 Å². The highest BCUT2D eigenvalue weighted by atomic mass is 32.2. The Morgan fingerprint density at radius 1 is 1.44 bits per heavy atom. The van der Waals surface area contributed by atoms with E-state index in [4.69, 9.17) is 0 Å². The first kappa shape index (κ1) is 12.3. The van der Waals surface area contributed by atoms with Crippen molar-refractivity contribution in [3.05, 3.63) is 0 Å². The molecule has 2 N–H and O–H groups in total. The zero-order valence-corrected chi connectivity index (χ0v) is 10.9. The van der Waals surface area contributed by atoms with Gasteiger partial charge in [-0.3, -0.25) is 0 Å². The summed E-state index contributed by atoms with van der Waals surface area (Å²) >= 11 is 0. The van der Waals surface area contributed by atoms with Crippen LogP contribution in [0.3, 0.4) is 0 Å². The lowest BCUT2D eigenvalue weighted by molar-refractivity contribution is 0.464. The molecule has 1 aliphatic carbocycles. The van der Waals surface area contributed by atoms with E-state index >= 15 is 0 Å². The molecule has 2 unspecified atom stereocenters. The Morgan fingerprint density at radius 2 is 2.12 bits per heavy atom. The molecule has 2 aliphatic rings. The molecule has 0 radical (unpaired) electrons. The second-order valence-electron chi connectivity index (χ2n) is 5.75. The Morgan fingerprint density at radius 3 is 2.69 bits per heavy atom. The molecule has 1 saturated carbocycles. The first-order valence-electron chi connectivity index (χ1n) is 6.06. The summed E-state index contributed by atoms with van der Waals surface area (Å²) in [4.78, 5) is 0. The van der Waals surface area contributed by atoms with E-state index in [1.165, 1.54) is 6.42 Å². The fourth-order valence-corrected chi connectivity index (χ4v) is 3.79. The number of hydrogen-bond donors (Lipinski definition) is 2. The maximum Gasteiger partial charge on any atom is 0.153 e. The van der Waals surface area contributed by atoms with Gasteiger partial charge in [0.05, 0.1) is 11.5 Å². The summed E-state index contributed by atoms with van der Waals surface area (Å²) in [6.45, 7) is 6.05. The summed E-state index contributed by atoms with van der Waals surface area (Å²) in [5, 5.41) is 6.76. The lowest BCUT2D eigenvalue weighted by atomic mass is 10.2. The molecule has 94 valence electrons. The van der Waals surface area contributed by atoms with E-state index in [0.29, 0.717) is 29.5 Å². The average Bonchev–Trinajstić information content (AvgIpc) is 2.72. The minimum Gasteiger partial charge on any atom is -0.313 e. The van der Waals surface area contributed by atoms with Crippen LogP contribution in [0.4, 0.5) is 0 Å². The summed E-state index contributed by atoms with van der Waals surface area (Å²) in [7, 11) is -2.78. The van der Waals surface area contributed by atoms with Crippen LogP contribution in [0.5, 0.6) is 0 Å². The normalized spacial score (nSPS) is 35.9. The van der Waals surface area contributed by atoms with Crippen LogP contribution < -0.4 is 10.6 Å². The Balaban J connectivity index is 1.67. The van der Waals surface area contributed by atoms with E-state index in [9.17, 15) is 8.42 Å². The van der Waals surface area contributed by atoms with Crippen LogP contribution >= 0.6 is 0 Å². The Bertz CT molecular complexity index is 351. The summed E-state index contributed by atoms with van der Waals surface area (Å²) in [5.74, 6) is 0.606. The van der Waals surface area contributed by atoms with Gasteiger partial charge < -0.3 is 10.6 Å². The third kappa shape index (κ3) is 3.18. The van der Waals surface area contributed by atoms with Crippen LogP contribution in [0.15, 0.2) is 0 Å². The molecule has 0 bridgehead atoms. The van der Waals surface area contributed by atoms with E-state index < -0.39 is 9.84 Å². The Hall–Kier alpha value is -0.130. The molecule has 2 rings (SSSR count). The maximum atomic E-state index is 11.4. The predicted octanol–water partition coefficient (Wildman–Crippen LogP) is 0.151. The van der Waals surface area contributed by atoms with E-state index in [-0.39, 0.29) is 6.04 Å². The molecule has 1 heterocycles. The fraction of sp³-hybridized carbons (Fsp3) is 1.00. The zero-order chi connectivity index (χ0) is 11.8. The number of sulfone groups is 1. The van der Waals surface area contributed by atoms with Crippen LogP contribution in [0.25, 0.3) is 0 Å². The highest BCUT2D eigenvalue weighted by molar-refractivity contribution is 7.91. The second-order valence-corrected chi connectivity index (χ2v) is 7.98. The van der Waals surface area contributed by atoms with Crippen molar-refractivity contribution < 1.29 is 8.42 Å². The quantitative estimate of drug-likeness (QED) is 0.741. The standard InChI is InChI=1S/C11H22N2O2S/c1-11(2)7-10(11)13-4-3-9-8-16(14,15)6-5-12-9/h9-10,12-13H,3-8H2,1-2H3. The lowest BCUT2D eigenvalue weighted by Crippen LogP contribution is -2.46. The van der Waals surface area contributed by atoms with Crippen LogP contribution in [0, 0.1) is 5.41 Å². The predicted molar refractivity (Wildman–Crippen MR) is 65.3 cm³/mol. The van der Waals surface area contributed by atoms with Crippen molar-refractivity contribution in [3.63, 3.8) is 0 Å². The number of rotatable bonds is 4. The molecule has 0 amide bonds. The summed E-state index contributed by atoms with van der Waals surface area (Å²) < 4.78 is 22.8. The fourth-order valence-electron chi connectivity index (χ4n) is 2.30. The molecule has 0 spiro atoms. The highest BCUT2D eigenvalue weighted by Gasteiger charge is 2.44. The summed E-state index contributed by atoms with van der Waals surface area (Å²) in [6.07, 6.45) is 2.15. The van der Waals surface area contributed by atoms with Crippen molar-refractivity contribution in [1.82, 2.24) is 10.6 Å². The van der Waals surface area contributed by atoms with Crippen LogP contribution in [-0.4, -0.2) is 45.1 Å². The molecule has 0 aromatic carbocycles. The van der Waals surface area contributed by atoms with Gasteiger partial charge >= 0.3 is 0 Å². The Labute approximate surface area is 98.1 Å². The molecule has 5 heteroatoms. The molecule has 1 aliphatic heterocycles.